The van der Waals surface area contributed by atoms with Crippen molar-refractivity contribution >= 4 is 17.6 Å². The summed E-state index contributed by atoms with van der Waals surface area (Å²) >= 11 is 0. The molecule has 10 heteroatoms. The van der Waals surface area contributed by atoms with E-state index >= 15 is 0 Å². The number of Topliss-reactive ketones (excluding diaryl/α,β-unsaturated/α-hetero) is 1. The molecule has 0 atom stereocenters. The summed E-state index contributed by atoms with van der Waals surface area (Å²) in [6.45, 7) is 9.67. The first-order valence-corrected chi connectivity index (χ1v) is 10.6. The van der Waals surface area contributed by atoms with Crippen LogP contribution in [0.1, 0.15) is 48.1 Å². The number of carbonyl (C=O) groups is 3. The van der Waals surface area contributed by atoms with E-state index in [2.05, 4.69) is 5.10 Å². The number of benzene rings is 1. The molecule has 1 saturated heterocycles. The maximum Gasteiger partial charge on any atom is 0.416 e. The Labute approximate surface area is 190 Å². The van der Waals surface area contributed by atoms with Crippen LogP contribution in [0.4, 0.5) is 13.2 Å². The van der Waals surface area contributed by atoms with Gasteiger partial charge in [0.1, 0.15) is 0 Å². The molecule has 2 amide bonds. The van der Waals surface area contributed by atoms with Gasteiger partial charge in [-0.2, -0.15) is 18.3 Å². The van der Waals surface area contributed by atoms with Crippen molar-refractivity contribution in [1.29, 1.82) is 0 Å². The molecule has 33 heavy (non-hydrogen) atoms. The maximum atomic E-state index is 13.1. The minimum atomic E-state index is -4.52. The Morgan fingerprint density at radius 2 is 1.52 bits per heavy atom. The standard InChI is InChI=1S/C23H27F3N4O3/c1-14-18(15(2)30(27-14)17-8-6-7-16(13-17)23(24,25)26)19(31)20(32)28-9-11-29(12-10-28)21(33)22(3,4)5/h6-8,13H,9-12H2,1-5H3. The lowest BCUT2D eigenvalue weighted by atomic mass is 9.94. The summed E-state index contributed by atoms with van der Waals surface area (Å²) in [6, 6.07) is 4.62. The highest BCUT2D eigenvalue weighted by Crippen LogP contribution is 2.31. The number of ketones is 1. The molecule has 0 unspecified atom stereocenters. The Morgan fingerprint density at radius 1 is 0.939 bits per heavy atom. The molecule has 2 aromatic rings. The fourth-order valence-electron chi connectivity index (χ4n) is 3.87. The largest absolute Gasteiger partial charge is 0.416 e. The predicted molar refractivity (Wildman–Crippen MR) is 115 cm³/mol. The maximum absolute atomic E-state index is 13.1. The highest BCUT2D eigenvalue weighted by atomic mass is 19.4. The number of hydrogen-bond acceptors (Lipinski definition) is 4. The fourth-order valence-corrected chi connectivity index (χ4v) is 3.87. The smallest absolute Gasteiger partial charge is 0.339 e. The van der Waals surface area contributed by atoms with Crippen LogP contribution in [-0.4, -0.2) is 63.4 Å². The van der Waals surface area contributed by atoms with Gasteiger partial charge in [-0.1, -0.05) is 26.8 Å². The van der Waals surface area contributed by atoms with Gasteiger partial charge in [0.15, 0.2) is 0 Å². The lowest BCUT2D eigenvalue weighted by Crippen LogP contribution is -2.54. The average Bonchev–Trinajstić information content (AvgIpc) is 3.05. The van der Waals surface area contributed by atoms with Crippen LogP contribution in [0.25, 0.3) is 5.69 Å². The molecule has 0 bridgehead atoms. The van der Waals surface area contributed by atoms with E-state index in [1.165, 1.54) is 28.6 Å². The summed E-state index contributed by atoms with van der Waals surface area (Å²) in [4.78, 5) is 41.4. The zero-order chi connectivity index (χ0) is 24.7. The zero-order valence-corrected chi connectivity index (χ0v) is 19.3. The van der Waals surface area contributed by atoms with Crippen molar-refractivity contribution in [3.8, 4) is 5.69 Å². The Kier molecular flexibility index (Phi) is 6.41. The monoisotopic (exact) mass is 464 g/mol. The molecule has 178 valence electrons. The number of rotatable bonds is 3. The highest BCUT2D eigenvalue weighted by Gasteiger charge is 2.35. The molecule has 0 spiro atoms. The Morgan fingerprint density at radius 3 is 2.06 bits per heavy atom. The van der Waals surface area contributed by atoms with Crippen molar-refractivity contribution in [2.75, 3.05) is 26.2 Å². The van der Waals surface area contributed by atoms with E-state index in [0.717, 1.165) is 12.1 Å². The van der Waals surface area contributed by atoms with Crippen LogP contribution in [0, 0.1) is 19.3 Å². The predicted octanol–water partition coefficient (Wildman–Crippen LogP) is 3.41. The number of nitrogens with zero attached hydrogens (tertiary/aromatic N) is 4. The lowest BCUT2D eigenvalue weighted by Gasteiger charge is -2.37. The average molecular weight is 464 g/mol. The van der Waals surface area contributed by atoms with Crippen molar-refractivity contribution in [1.82, 2.24) is 19.6 Å². The zero-order valence-electron chi connectivity index (χ0n) is 19.3. The van der Waals surface area contributed by atoms with Gasteiger partial charge >= 0.3 is 6.18 Å². The molecular formula is C23H27F3N4O3. The topological polar surface area (TPSA) is 75.5 Å². The molecule has 7 nitrogen and oxygen atoms in total. The highest BCUT2D eigenvalue weighted by molar-refractivity contribution is 6.43. The summed E-state index contributed by atoms with van der Waals surface area (Å²) < 4.78 is 40.5. The molecule has 1 aliphatic heterocycles. The van der Waals surface area contributed by atoms with Crippen LogP contribution in [-0.2, 0) is 15.8 Å². The van der Waals surface area contributed by atoms with Crippen molar-refractivity contribution in [3.63, 3.8) is 0 Å². The second kappa shape index (κ2) is 8.64. The summed E-state index contributed by atoms with van der Waals surface area (Å²) in [5.74, 6) is -1.50. The van der Waals surface area contributed by atoms with E-state index in [1.807, 2.05) is 20.8 Å². The van der Waals surface area contributed by atoms with E-state index in [1.54, 1.807) is 11.8 Å². The van der Waals surface area contributed by atoms with Crippen molar-refractivity contribution in [2.45, 2.75) is 40.8 Å². The van der Waals surface area contributed by atoms with Gasteiger partial charge in [-0.15, -0.1) is 0 Å². The summed E-state index contributed by atoms with van der Waals surface area (Å²) in [7, 11) is 0. The fraction of sp³-hybridized carbons (Fsp3) is 0.478. The van der Waals surface area contributed by atoms with Crippen molar-refractivity contribution < 1.29 is 27.6 Å². The van der Waals surface area contributed by atoms with E-state index in [4.69, 9.17) is 0 Å². The Hall–Kier alpha value is -3.17. The van der Waals surface area contributed by atoms with E-state index in [0.29, 0.717) is 13.1 Å². The van der Waals surface area contributed by atoms with Crippen LogP contribution < -0.4 is 0 Å². The first-order chi connectivity index (χ1) is 15.2. The normalized spacial score (nSPS) is 15.0. The van der Waals surface area contributed by atoms with E-state index in [-0.39, 0.29) is 41.6 Å². The number of aryl methyl sites for hydroxylation is 1. The summed E-state index contributed by atoms with van der Waals surface area (Å²) in [6.07, 6.45) is -4.52. The van der Waals surface area contributed by atoms with Crippen LogP contribution in [0.2, 0.25) is 0 Å². The van der Waals surface area contributed by atoms with Gasteiger partial charge in [-0.3, -0.25) is 14.4 Å². The third-order valence-electron chi connectivity index (χ3n) is 5.63. The minimum absolute atomic E-state index is 0.0185. The van der Waals surface area contributed by atoms with Crippen molar-refractivity contribution in [3.05, 3.63) is 46.8 Å². The van der Waals surface area contributed by atoms with Gasteiger partial charge in [0.05, 0.1) is 28.2 Å². The lowest BCUT2D eigenvalue weighted by molar-refractivity contribution is -0.143. The van der Waals surface area contributed by atoms with Gasteiger partial charge in [0, 0.05) is 31.6 Å². The van der Waals surface area contributed by atoms with Crippen LogP contribution in [0.3, 0.4) is 0 Å². The van der Waals surface area contributed by atoms with E-state index in [9.17, 15) is 27.6 Å². The summed E-state index contributed by atoms with van der Waals surface area (Å²) in [5, 5.41) is 4.22. The van der Waals surface area contributed by atoms with Crippen LogP contribution in [0.15, 0.2) is 24.3 Å². The molecule has 0 N–H and O–H groups in total. The Balaban J connectivity index is 1.80. The van der Waals surface area contributed by atoms with Gasteiger partial charge in [-0.25, -0.2) is 4.68 Å². The number of hydrogen-bond donors (Lipinski definition) is 0. The number of amides is 2. The molecule has 0 saturated carbocycles. The third kappa shape index (κ3) is 4.94. The number of aromatic nitrogens is 2. The first-order valence-electron chi connectivity index (χ1n) is 10.6. The second-order valence-electron chi connectivity index (χ2n) is 9.17. The number of alkyl halides is 3. The molecule has 3 rings (SSSR count). The molecular weight excluding hydrogens is 437 g/mol. The molecule has 1 aromatic heterocycles. The molecule has 0 aliphatic carbocycles. The molecule has 0 radical (unpaired) electrons. The minimum Gasteiger partial charge on any atom is -0.339 e. The molecule has 1 aromatic carbocycles. The Bertz CT molecular complexity index is 1090. The quantitative estimate of drug-likeness (QED) is 0.516. The van der Waals surface area contributed by atoms with Gasteiger partial charge < -0.3 is 9.80 Å². The third-order valence-corrected chi connectivity index (χ3v) is 5.63. The number of halogens is 3. The van der Waals surface area contributed by atoms with Crippen LogP contribution in [0.5, 0.6) is 0 Å². The van der Waals surface area contributed by atoms with Gasteiger partial charge in [-0.05, 0) is 32.0 Å². The molecule has 1 aliphatic rings. The molecule has 1 fully saturated rings. The number of carbonyl (C=O) groups excluding carboxylic acids is 3. The molecule has 2 heterocycles. The SMILES string of the molecule is Cc1nn(-c2cccc(C(F)(F)F)c2)c(C)c1C(=O)C(=O)N1CCN(C(=O)C(C)(C)C)CC1. The van der Waals surface area contributed by atoms with Crippen molar-refractivity contribution in [2.24, 2.45) is 5.41 Å². The van der Waals surface area contributed by atoms with Gasteiger partial charge in [0.25, 0.3) is 11.7 Å². The summed E-state index contributed by atoms with van der Waals surface area (Å²) in [5.41, 5.74) is -0.610. The first kappa shape index (κ1) is 24.5. The second-order valence-corrected chi connectivity index (χ2v) is 9.17. The van der Waals surface area contributed by atoms with Crippen LogP contribution >= 0.6 is 0 Å². The number of piperazine rings is 1. The van der Waals surface area contributed by atoms with E-state index < -0.39 is 28.8 Å². The van der Waals surface area contributed by atoms with Gasteiger partial charge in [0.2, 0.25) is 5.91 Å².